The number of thioether (sulfide) groups is 1. The van der Waals surface area contributed by atoms with Gasteiger partial charge in [0.05, 0.1) is 24.8 Å². The molecule has 0 saturated carbocycles. The first-order valence-corrected chi connectivity index (χ1v) is 9.16. The van der Waals surface area contributed by atoms with Crippen LogP contribution in [0.3, 0.4) is 0 Å². The van der Waals surface area contributed by atoms with Crippen LogP contribution in [0, 0.1) is 0 Å². The van der Waals surface area contributed by atoms with Gasteiger partial charge in [0.2, 0.25) is 0 Å². The van der Waals surface area contributed by atoms with Crippen molar-refractivity contribution in [3.8, 4) is 5.75 Å². The molecule has 2 aromatic rings. The normalized spacial score (nSPS) is 11.0. The molecule has 0 aliphatic carbocycles. The first-order valence-electron chi connectivity index (χ1n) is 8.18. The minimum atomic E-state index is -4.60. The highest BCUT2D eigenvalue weighted by molar-refractivity contribution is 7.99. The summed E-state index contributed by atoms with van der Waals surface area (Å²) >= 11 is 1.43. The van der Waals surface area contributed by atoms with Crippen LogP contribution in [0.25, 0.3) is 0 Å². The van der Waals surface area contributed by atoms with Gasteiger partial charge in [-0.3, -0.25) is 9.59 Å². The van der Waals surface area contributed by atoms with Crippen molar-refractivity contribution in [1.29, 1.82) is 0 Å². The van der Waals surface area contributed by atoms with Gasteiger partial charge in [-0.1, -0.05) is 12.1 Å². The fourth-order valence-corrected chi connectivity index (χ4v) is 3.00. The number of halogens is 3. The predicted molar refractivity (Wildman–Crippen MR) is 99.4 cm³/mol. The van der Waals surface area contributed by atoms with E-state index in [0.717, 1.165) is 22.8 Å². The maximum absolute atomic E-state index is 12.9. The van der Waals surface area contributed by atoms with E-state index in [2.05, 4.69) is 5.32 Å². The van der Waals surface area contributed by atoms with Crippen LogP contribution in [-0.4, -0.2) is 31.3 Å². The van der Waals surface area contributed by atoms with E-state index >= 15 is 0 Å². The number of hydrogen-bond acceptors (Lipinski definition) is 5. The second-order valence-corrected chi connectivity index (χ2v) is 6.69. The molecule has 0 radical (unpaired) electrons. The van der Waals surface area contributed by atoms with Crippen molar-refractivity contribution in [3.05, 3.63) is 54.1 Å². The molecule has 0 aromatic heterocycles. The van der Waals surface area contributed by atoms with Gasteiger partial charge in [0.15, 0.2) is 6.61 Å². The summed E-state index contributed by atoms with van der Waals surface area (Å²) in [6, 6.07) is 11.9. The molecule has 0 bridgehead atoms. The van der Waals surface area contributed by atoms with E-state index in [9.17, 15) is 22.8 Å². The highest BCUT2D eigenvalue weighted by Crippen LogP contribution is 2.34. The first kappa shape index (κ1) is 21.6. The lowest BCUT2D eigenvalue weighted by atomic mass is 10.1. The molecule has 0 heterocycles. The molecule has 0 aliphatic rings. The van der Waals surface area contributed by atoms with Crippen molar-refractivity contribution in [3.63, 3.8) is 0 Å². The number of methoxy groups -OCH3 is 1. The maximum Gasteiger partial charge on any atom is 0.418 e. The lowest BCUT2D eigenvalue weighted by Crippen LogP contribution is -2.22. The maximum atomic E-state index is 12.9. The quantitative estimate of drug-likeness (QED) is 0.514. The highest BCUT2D eigenvalue weighted by Gasteiger charge is 2.33. The van der Waals surface area contributed by atoms with Gasteiger partial charge in [0.1, 0.15) is 5.75 Å². The Morgan fingerprint density at radius 1 is 1.07 bits per heavy atom. The average molecular weight is 413 g/mol. The monoisotopic (exact) mass is 413 g/mol. The Labute approximate surface area is 164 Å². The van der Waals surface area contributed by atoms with Gasteiger partial charge in [-0.2, -0.15) is 13.2 Å². The van der Waals surface area contributed by atoms with Crippen LogP contribution in [0.5, 0.6) is 5.75 Å². The molecule has 9 heteroatoms. The van der Waals surface area contributed by atoms with Crippen LogP contribution in [0.2, 0.25) is 0 Å². The largest absolute Gasteiger partial charge is 0.497 e. The SMILES string of the molecule is COc1ccc(SCCC(=O)OCC(=O)Nc2ccccc2C(F)(F)F)cc1. The number of nitrogens with one attached hydrogen (secondary N) is 1. The summed E-state index contributed by atoms with van der Waals surface area (Å²) in [5.74, 6) is -0.293. The molecule has 5 nitrogen and oxygen atoms in total. The summed E-state index contributed by atoms with van der Waals surface area (Å²) in [6.45, 7) is -0.655. The van der Waals surface area contributed by atoms with Crippen LogP contribution >= 0.6 is 11.8 Å². The van der Waals surface area contributed by atoms with E-state index < -0.39 is 30.2 Å². The number of carbonyl (C=O) groups is 2. The number of carbonyl (C=O) groups excluding carboxylic acids is 2. The fourth-order valence-electron chi connectivity index (χ4n) is 2.17. The van der Waals surface area contributed by atoms with Gasteiger partial charge >= 0.3 is 12.1 Å². The number of alkyl halides is 3. The van der Waals surface area contributed by atoms with Crippen molar-refractivity contribution in [2.75, 3.05) is 24.8 Å². The smallest absolute Gasteiger partial charge is 0.418 e. The second kappa shape index (κ2) is 10.0. The summed E-state index contributed by atoms with van der Waals surface area (Å²) in [4.78, 5) is 24.4. The van der Waals surface area contributed by atoms with Gasteiger partial charge in [-0.15, -0.1) is 11.8 Å². The van der Waals surface area contributed by atoms with Gasteiger partial charge in [0, 0.05) is 10.6 Å². The van der Waals surface area contributed by atoms with E-state index in [1.165, 1.54) is 23.9 Å². The summed E-state index contributed by atoms with van der Waals surface area (Å²) in [5.41, 5.74) is -1.35. The second-order valence-electron chi connectivity index (χ2n) is 5.53. The minimum absolute atomic E-state index is 0.0586. The van der Waals surface area contributed by atoms with Gasteiger partial charge in [0.25, 0.3) is 5.91 Å². The topological polar surface area (TPSA) is 64.6 Å². The third kappa shape index (κ3) is 6.80. The Morgan fingerprint density at radius 3 is 2.39 bits per heavy atom. The zero-order valence-corrected chi connectivity index (χ0v) is 15.7. The van der Waals surface area contributed by atoms with E-state index in [4.69, 9.17) is 9.47 Å². The molecule has 28 heavy (non-hydrogen) atoms. The summed E-state index contributed by atoms with van der Waals surface area (Å²) in [6.07, 6.45) is -4.54. The third-order valence-corrected chi connectivity index (χ3v) is 4.52. The highest BCUT2D eigenvalue weighted by atomic mass is 32.2. The van der Waals surface area contributed by atoms with E-state index in [1.54, 1.807) is 19.2 Å². The number of esters is 1. The summed E-state index contributed by atoms with van der Waals surface area (Å²) in [7, 11) is 1.57. The molecule has 1 amide bonds. The Hall–Kier alpha value is -2.68. The molecular weight excluding hydrogens is 395 g/mol. The predicted octanol–water partition coefficient (Wildman–Crippen LogP) is 4.38. The number of rotatable bonds is 8. The Morgan fingerprint density at radius 2 is 1.75 bits per heavy atom. The number of para-hydroxylation sites is 1. The molecular formula is C19H18F3NO4S. The average Bonchev–Trinajstić information content (AvgIpc) is 2.66. The van der Waals surface area contributed by atoms with Crippen LogP contribution in [0.4, 0.5) is 18.9 Å². The molecule has 2 rings (SSSR count). The number of benzene rings is 2. The minimum Gasteiger partial charge on any atom is -0.497 e. The molecule has 150 valence electrons. The Balaban J connectivity index is 1.74. The Kier molecular flexibility index (Phi) is 7.74. The van der Waals surface area contributed by atoms with Gasteiger partial charge in [-0.05, 0) is 36.4 Å². The first-order chi connectivity index (χ1) is 13.3. The lowest BCUT2D eigenvalue weighted by Gasteiger charge is -2.13. The fraction of sp³-hybridized carbons (Fsp3) is 0.263. The van der Waals surface area contributed by atoms with Gasteiger partial charge in [-0.25, -0.2) is 0 Å². The standard InChI is InChI=1S/C19H18F3NO4S/c1-26-13-6-8-14(9-7-13)28-11-10-18(25)27-12-17(24)23-16-5-3-2-4-15(16)19(20,21)22/h2-9H,10-12H2,1H3,(H,23,24). The van der Waals surface area contributed by atoms with Crippen molar-refractivity contribution in [2.45, 2.75) is 17.5 Å². The van der Waals surface area contributed by atoms with E-state index in [-0.39, 0.29) is 12.1 Å². The van der Waals surface area contributed by atoms with Gasteiger partial charge < -0.3 is 14.8 Å². The van der Waals surface area contributed by atoms with Crippen LogP contribution in [-0.2, 0) is 20.5 Å². The van der Waals surface area contributed by atoms with Crippen LogP contribution in [0.1, 0.15) is 12.0 Å². The molecule has 0 atom stereocenters. The number of ether oxygens (including phenoxy) is 2. The van der Waals surface area contributed by atoms with E-state index in [0.29, 0.717) is 5.75 Å². The number of amides is 1. The molecule has 0 fully saturated rings. The zero-order valence-electron chi connectivity index (χ0n) is 14.9. The molecule has 0 aliphatic heterocycles. The molecule has 0 spiro atoms. The zero-order chi connectivity index (χ0) is 20.6. The van der Waals surface area contributed by atoms with Crippen LogP contribution < -0.4 is 10.1 Å². The third-order valence-electron chi connectivity index (χ3n) is 3.51. The van der Waals surface area contributed by atoms with Crippen molar-refractivity contribution >= 4 is 29.3 Å². The summed E-state index contributed by atoms with van der Waals surface area (Å²) < 4.78 is 48.5. The van der Waals surface area contributed by atoms with Crippen molar-refractivity contribution in [1.82, 2.24) is 0 Å². The molecule has 2 aromatic carbocycles. The number of anilines is 1. The van der Waals surface area contributed by atoms with Crippen molar-refractivity contribution in [2.24, 2.45) is 0 Å². The molecule has 0 saturated heterocycles. The van der Waals surface area contributed by atoms with Crippen LogP contribution in [0.15, 0.2) is 53.4 Å². The molecule has 0 unspecified atom stereocenters. The molecule has 1 N–H and O–H groups in total. The summed E-state index contributed by atoms with van der Waals surface area (Å²) in [5, 5.41) is 2.11. The van der Waals surface area contributed by atoms with Crippen molar-refractivity contribution < 1.29 is 32.2 Å². The van der Waals surface area contributed by atoms with E-state index in [1.807, 2.05) is 12.1 Å². The Bertz CT molecular complexity index is 810. The lowest BCUT2D eigenvalue weighted by molar-refractivity contribution is -0.147. The number of hydrogen-bond donors (Lipinski definition) is 1.